The molecule has 2 heterocycles. The van der Waals surface area contributed by atoms with E-state index in [-0.39, 0.29) is 40.9 Å². The van der Waals surface area contributed by atoms with Gasteiger partial charge in [-0.05, 0) is 26.7 Å². The summed E-state index contributed by atoms with van der Waals surface area (Å²) in [6.07, 6.45) is 3.23. The lowest BCUT2D eigenvalue weighted by Gasteiger charge is -2.16. The Morgan fingerprint density at radius 2 is 1.10 bits per heavy atom. The van der Waals surface area contributed by atoms with E-state index >= 15 is 0 Å². The highest BCUT2D eigenvalue weighted by molar-refractivity contribution is 5.47. The van der Waals surface area contributed by atoms with Gasteiger partial charge >= 0.3 is 11.3 Å². The summed E-state index contributed by atoms with van der Waals surface area (Å²) in [6, 6.07) is 0. The molecule has 0 fully saturated rings. The lowest BCUT2D eigenvalue weighted by Crippen LogP contribution is -2.18. The van der Waals surface area contributed by atoms with Crippen LogP contribution >= 0.6 is 0 Å². The maximum atomic E-state index is 12.6. The van der Waals surface area contributed by atoms with Crippen LogP contribution in [0.25, 0.3) is 0 Å². The van der Waals surface area contributed by atoms with Crippen molar-refractivity contribution >= 4 is 0 Å². The first-order valence-electron chi connectivity index (χ1n) is 10.3. The molecule has 29 heavy (non-hydrogen) atoms. The second kappa shape index (κ2) is 9.33. The largest absolute Gasteiger partial charge is 0.507 e. The van der Waals surface area contributed by atoms with Crippen molar-refractivity contribution in [2.24, 2.45) is 0 Å². The van der Waals surface area contributed by atoms with Crippen molar-refractivity contribution in [3.63, 3.8) is 0 Å². The van der Waals surface area contributed by atoms with E-state index in [4.69, 9.17) is 8.83 Å². The molecule has 0 aliphatic heterocycles. The number of hydrogen-bond acceptors (Lipinski definition) is 6. The zero-order valence-electron chi connectivity index (χ0n) is 18.2. The molecule has 0 amide bonds. The van der Waals surface area contributed by atoms with Crippen LogP contribution in [0.1, 0.15) is 99.0 Å². The first-order valence-corrected chi connectivity index (χ1v) is 10.3. The number of aromatic hydroxyl groups is 2. The fraction of sp³-hybridized carbons (Fsp3) is 0.565. The van der Waals surface area contributed by atoms with Gasteiger partial charge in [0.25, 0.3) is 0 Å². The molecule has 2 aromatic rings. The van der Waals surface area contributed by atoms with Gasteiger partial charge in [0, 0.05) is 29.4 Å². The van der Waals surface area contributed by atoms with Gasteiger partial charge < -0.3 is 19.0 Å². The molecule has 0 spiro atoms. The Hall–Kier alpha value is -2.50. The predicted molar refractivity (Wildman–Crippen MR) is 112 cm³/mol. The highest BCUT2D eigenvalue weighted by Gasteiger charge is 2.25. The average Bonchev–Trinajstić information content (AvgIpc) is 2.67. The summed E-state index contributed by atoms with van der Waals surface area (Å²) in [5.74, 6) is 0.502. The number of hydrogen-bond donors (Lipinski definition) is 2. The van der Waals surface area contributed by atoms with Gasteiger partial charge in [-0.1, -0.05) is 40.5 Å². The summed E-state index contributed by atoms with van der Waals surface area (Å²) in [4.78, 5) is 25.1. The van der Waals surface area contributed by atoms with E-state index in [1.807, 2.05) is 27.7 Å². The van der Waals surface area contributed by atoms with Gasteiger partial charge in [-0.25, -0.2) is 9.59 Å². The second-order valence-corrected chi connectivity index (χ2v) is 7.97. The minimum Gasteiger partial charge on any atom is -0.507 e. The van der Waals surface area contributed by atoms with Crippen LogP contribution in [0.15, 0.2) is 18.4 Å². The molecule has 160 valence electrons. The van der Waals surface area contributed by atoms with Crippen LogP contribution in [-0.2, 0) is 6.42 Å². The van der Waals surface area contributed by atoms with Crippen LogP contribution in [0, 0.1) is 13.8 Å². The molecule has 0 radical (unpaired) electrons. The summed E-state index contributed by atoms with van der Waals surface area (Å²) in [5, 5.41) is 21.3. The van der Waals surface area contributed by atoms with E-state index in [0.717, 1.165) is 25.7 Å². The van der Waals surface area contributed by atoms with Crippen molar-refractivity contribution in [3.05, 3.63) is 54.6 Å². The minimum absolute atomic E-state index is 0.00676. The van der Waals surface area contributed by atoms with E-state index in [2.05, 4.69) is 0 Å². The molecule has 0 saturated heterocycles. The highest BCUT2D eigenvalue weighted by Crippen LogP contribution is 2.34. The van der Waals surface area contributed by atoms with Crippen LogP contribution in [0.3, 0.4) is 0 Å². The molecule has 0 aliphatic rings. The lowest BCUT2D eigenvalue weighted by atomic mass is 9.95. The van der Waals surface area contributed by atoms with Gasteiger partial charge in [0.1, 0.15) is 23.0 Å². The summed E-state index contributed by atoms with van der Waals surface area (Å²) < 4.78 is 11.0. The topological polar surface area (TPSA) is 101 Å². The summed E-state index contributed by atoms with van der Waals surface area (Å²) in [7, 11) is 0. The third kappa shape index (κ3) is 4.57. The predicted octanol–water partition coefficient (Wildman–Crippen LogP) is 5.02. The van der Waals surface area contributed by atoms with E-state index in [9.17, 15) is 19.8 Å². The first-order chi connectivity index (χ1) is 13.6. The number of rotatable bonds is 8. The van der Waals surface area contributed by atoms with E-state index in [1.165, 1.54) is 0 Å². The van der Waals surface area contributed by atoms with Gasteiger partial charge in [0.05, 0.1) is 11.1 Å². The maximum absolute atomic E-state index is 12.6. The monoisotopic (exact) mass is 404 g/mol. The standard InChI is InChI=1S/C23H32O6/c1-7-9-12(3)20-14(5)18(24)16(22(26)28-20)11-17-19(25)15(6)21(29-23(17)27)13(4)10-8-2/h12-13,24-25H,7-11H2,1-6H3. The van der Waals surface area contributed by atoms with Gasteiger partial charge in [-0.2, -0.15) is 0 Å². The minimum atomic E-state index is -0.703. The molecule has 2 unspecified atom stereocenters. The summed E-state index contributed by atoms with van der Waals surface area (Å²) in [5.41, 5.74) is -0.543. The molecule has 0 saturated carbocycles. The van der Waals surface area contributed by atoms with Crippen molar-refractivity contribution in [1.82, 2.24) is 0 Å². The fourth-order valence-corrected chi connectivity index (χ4v) is 3.91. The van der Waals surface area contributed by atoms with E-state index in [0.29, 0.717) is 22.6 Å². The Kier molecular flexibility index (Phi) is 7.33. The SMILES string of the molecule is CCCC(C)c1oc(=O)c(Cc2c(O)c(C)c(C(C)CCC)oc2=O)c(O)c1C. The Balaban J connectivity index is 2.53. The Bertz CT molecular complexity index is 903. The van der Waals surface area contributed by atoms with Crippen molar-refractivity contribution < 1.29 is 19.0 Å². The second-order valence-electron chi connectivity index (χ2n) is 7.97. The Morgan fingerprint density at radius 3 is 1.41 bits per heavy atom. The Labute approximate surface area is 171 Å². The molecule has 2 N–H and O–H groups in total. The Morgan fingerprint density at radius 1 is 0.759 bits per heavy atom. The molecule has 6 heteroatoms. The van der Waals surface area contributed by atoms with Crippen LogP contribution in [-0.4, -0.2) is 10.2 Å². The van der Waals surface area contributed by atoms with Crippen LogP contribution in [0.4, 0.5) is 0 Å². The third-order valence-electron chi connectivity index (χ3n) is 5.61. The summed E-state index contributed by atoms with van der Waals surface area (Å²) in [6.45, 7) is 11.3. The average molecular weight is 405 g/mol. The zero-order chi connectivity index (χ0) is 21.9. The van der Waals surface area contributed by atoms with E-state index < -0.39 is 11.3 Å². The van der Waals surface area contributed by atoms with Crippen molar-refractivity contribution in [2.45, 2.75) is 85.5 Å². The molecule has 2 atom stereocenters. The molecule has 2 aromatic heterocycles. The molecular formula is C23H32O6. The molecule has 0 bridgehead atoms. The normalized spacial score (nSPS) is 13.4. The molecule has 2 rings (SSSR count). The highest BCUT2D eigenvalue weighted by atomic mass is 16.4. The quantitative estimate of drug-likeness (QED) is 0.641. The fourth-order valence-electron chi connectivity index (χ4n) is 3.91. The zero-order valence-corrected chi connectivity index (χ0v) is 18.2. The third-order valence-corrected chi connectivity index (χ3v) is 5.61. The van der Waals surface area contributed by atoms with Crippen LogP contribution in [0.5, 0.6) is 11.5 Å². The van der Waals surface area contributed by atoms with Crippen LogP contribution < -0.4 is 11.3 Å². The van der Waals surface area contributed by atoms with Gasteiger partial charge in [-0.15, -0.1) is 0 Å². The van der Waals surface area contributed by atoms with Crippen LogP contribution in [0.2, 0.25) is 0 Å². The molecule has 0 aromatic carbocycles. The summed E-state index contributed by atoms with van der Waals surface area (Å²) >= 11 is 0. The first kappa shape index (κ1) is 22.8. The van der Waals surface area contributed by atoms with Gasteiger partial charge in [0.2, 0.25) is 0 Å². The van der Waals surface area contributed by atoms with Gasteiger partial charge in [0.15, 0.2) is 0 Å². The maximum Gasteiger partial charge on any atom is 0.343 e. The molecular weight excluding hydrogens is 372 g/mol. The van der Waals surface area contributed by atoms with E-state index in [1.54, 1.807) is 13.8 Å². The van der Waals surface area contributed by atoms with Crippen molar-refractivity contribution in [1.29, 1.82) is 0 Å². The van der Waals surface area contributed by atoms with Gasteiger partial charge in [-0.3, -0.25) is 0 Å². The van der Waals surface area contributed by atoms with Crippen molar-refractivity contribution in [3.8, 4) is 11.5 Å². The lowest BCUT2D eigenvalue weighted by molar-refractivity contribution is 0.375. The van der Waals surface area contributed by atoms with Crippen molar-refractivity contribution in [2.75, 3.05) is 0 Å². The molecule has 6 nitrogen and oxygen atoms in total. The smallest absolute Gasteiger partial charge is 0.343 e. The molecule has 0 aliphatic carbocycles.